The predicted octanol–water partition coefficient (Wildman–Crippen LogP) is 5.18. The average Bonchev–Trinajstić information content (AvgIpc) is 3.17. The van der Waals surface area contributed by atoms with Crippen LogP contribution in [0.1, 0.15) is 50.3 Å². The Morgan fingerprint density at radius 1 is 1.24 bits per heavy atom. The van der Waals surface area contributed by atoms with E-state index in [4.69, 9.17) is 4.84 Å². The number of hydrogen-bond donors (Lipinski definition) is 3. The number of rotatable bonds is 4. The Hall–Kier alpha value is -2.79. The van der Waals surface area contributed by atoms with Gasteiger partial charge in [0.05, 0.1) is 23.4 Å². The number of aryl methyl sites for hydroxylation is 1. The lowest BCUT2D eigenvalue weighted by atomic mass is 9.75. The van der Waals surface area contributed by atoms with E-state index in [9.17, 15) is 5.11 Å². The molecule has 0 aliphatic carbocycles. The zero-order chi connectivity index (χ0) is 20.8. The average molecular weight is 392 g/mol. The van der Waals surface area contributed by atoms with Gasteiger partial charge in [0.2, 0.25) is 0 Å². The van der Waals surface area contributed by atoms with Crippen molar-refractivity contribution in [3.05, 3.63) is 53.2 Å². The highest BCUT2D eigenvalue weighted by Crippen LogP contribution is 2.45. The van der Waals surface area contributed by atoms with Gasteiger partial charge in [0.1, 0.15) is 6.61 Å². The first-order valence-electron chi connectivity index (χ1n) is 10.2. The summed E-state index contributed by atoms with van der Waals surface area (Å²) in [6.07, 6.45) is 3.23. The van der Waals surface area contributed by atoms with Gasteiger partial charge in [-0.2, -0.15) is 0 Å². The Morgan fingerprint density at radius 3 is 2.79 bits per heavy atom. The van der Waals surface area contributed by atoms with E-state index in [1.54, 1.807) is 6.21 Å². The third-order valence-electron chi connectivity index (χ3n) is 5.98. The second kappa shape index (κ2) is 7.23. The molecular formula is C24H29N3O2. The first kappa shape index (κ1) is 19.5. The fraction of sp³-hybridized carbons (Fsp3) is 0.375. The fourth-order valence-corrected chi connectivity index (χ4v) is 4.51. The third kappa shape index (κ3) is 3.19. The van der Waals surface area contributed by atoms with Crippen LogP contribution >= 0.6 is 0 Å². The summed E-state index contributed by atoms with van der Waals surface area (Å²) in [5, 5.41) is 19.9. The lowest BCUT2D eigenvalue weighted by Crippen LogP contribution is -2.50. The number of aliphatic hydroxyl groups excluding tert-OH is 1. The molecule has 0 saturated heterocycles. The van der Waals surface area contributed by atoms with E-state index < -0.39 is 11.6 Å². The molecule has 0 fully saturated rings. The van der Waals surface area contributed by atoms with Crippen LogP contribution in [0.4, 0.5) is 5.69 Å². The summed E-state index contributed by atoms with van der Waals surface area (Å²) >= 11 is 0. The van der Waals surface area contributed by atoms with E-state index in [-0.39, 0.29) is 5.92 Å². The number of aromatic amines is 1. The highest BCUT2D eigenvalue weighted by molar-refractivity contribution is 6.02. The number of aromatic nitrogens is 1. The molecule has 0 radical (unpaired) electrons. The first-order valence-corrected chi connectivity index (χ1v) is 10.2. The zero-order valence-electron chi connectivity index (χ0n) is 17.7. The van der Waals surface area contributed by atoms with Crippen molar-refractivity contribution in [3.8, 4) is 11.1 Å². The number of fused-ring (bicyclic) bond motifs is 2. The molecule has 3 aromatic rings. The van der Waals surface area contributed by atoms with Gasteiger partial charge in [0.15, 0.2) is 0 Å². The molecule has 0 saturated carbocycles. The molecule has 29 heavy (non-hydrogen) atoms. The van der Waals surface area contributed by atoms with E-state index in [0.717, 1.165) is 44.4 Å². The van der Waals surface area contributed by atoms with Crippen LogP contribution in [0.3, 0.4) is 0 Å². The maximum atomic E-state index is 11.0. The van der Waals surface area contributed by atoms with Gasteiger partial charge < -0.3 is 20.2 Å². The van der Waals surface area contributed by atoms with Gasteiger partial charge in [-0.3, -0.25) is 0 Å². The molecule has 3 N–H and O–H groups in total. The van der Waals surface area contributed by atoms with Crippen molar-refractivity contribution in [1.82, 2.24) is 4.98 Å². The lowest BCUT2D eigenvalue weighted by molar-refractivity contribution is 0.0868. The number of anilines is 1. The minimum atomic E-state index is -0.523. The maximum Gasteiger partial charge on any atom is 0.114 e. The molecule has 0 bridgehead atoms. The quantitative estimate of drug-likeness (QED) is 0.424. The number of para-hydroxylation sites is 1. The first-order chi connectivity index (χ1) is 13.8. The van der Waals surface area contributed by atoms with E-state index in [1.165, 1.54) is 0 Å². The smallest absolute Gasteiger partial charge is 0.114 e. The number of benzene rings is 2. The summed E-state index contributed by atoms with van der Waals surface area (Å²) in [6.45, 7) is 10.7. The molecule has 2 aromatic carbocycles. The van der Waals surface area contributed by atoms with Crippen molar-refractivity contribution in [1.29, 1.82) is 0 Å². The van der Waals surface area contributed by atoms with Gasteiger partial charge in [0.25, 0.3) is 0 Å². The monoisotopic (exact) mass is 391 g/mol. The summed E-state index contributed by atoms with van der Waals surface area (Å²) in [7, 11) is 0. The zero-order valence-corrected chi connectivity index (χ0v) is 17.7. The summed E-state index contributed by atoms with van der Waals surface area (Å²) in [6, 6.07) is 10.6. The Morgan fingerprint density at radius 2 is 2.03 bits per heavy atom. The van der Waals surface area contributed by atoms with Gasteiger partial charge in [-0.05, 0) is 61.9 Å². The normalized spacial score (nSPS) is 20.6. The second-order valence-electron chi connectivity index (χ2n) is 8.42. The van der Waals surface area contributed by atoms with Crippen molar-refractivity contribution in [2.45, 2.75) is 52.2 Å². The molecule has 1 aromatic heterocycles. The minimum Gasteiger partial charge on any atom is -0.396 e. The molecule has 1 aliphatic rings. The Bertz CT molecular complexity index is 1080. The lowest BCUT2D eigenvalue weighted by Gasteiger charge is -2.44. The summed E-state index contributed by atoms with van der Waals surface area (Å²) in [4.78, 5) is 8.68. The summed E-state index contributed by atoms with van der Waals surface area (Å²) in [5.41, 5.74) is 7.17. The number of nitrogens with one attached hydrogen (secondary N) is 2. The molecule has 0 amide bonds. The molecule has 5 heteroatoms. The Kier molecular flexibility index (Phi) is 4.87. The third-order valence-corrected chi connectivity index (χ3v) is 5.98. The Labute approximate surface area is 171 Å². The van der Waals surface area contributed by atoms with Crippen LogP contribution in [0, 0.1) is 6.92 Å². The maximum absolute atomic E-state index is 11.0. The van der Waals surface area contributed by atoms with Crippen molar-refractivity contribution in [3.63, 3.8) is 0 Å². The van der Waals surface area contributed by atoms with Gasteiger partial charge in [-0.15, -0.1) is 0 Å². The highest BCUT2D eigenvalue weighted by atomic mass is 16.6. The van der Waals surface area contributed by atoms with Crippen LogP contribution in [-0.4, -0.2) is 34.6 Å². The van der Waals surface area contributed by atoms with Gasteiger partial charge in [-0.25, -0.2) is 0 Å². The molecule has 1 aliphatic heterocycles. The molecule has 152 valence electrons. The topological polar surface area (TPSA) is 69.6 Å². The molecule has 0 unspecified atom stereocenters. The van der Waals surface area contributed by atoms with Crippen molar-refractivity contribution in [2.24, 2.45) is 5.16 Å². The van der Waals surface area contributed by atoms with E-state index in [0.29, 0.717) is 6.61 Å². The van der Waals surface area contributed by atoms with Crippen molar-refractivity contribution < 1.29 is 9.94 Å². The van der Waals surface area contributed by atoms with Crippen molar-refractivity contribution in [2.75, 3.05) is 11.9 Å². The van der Waals surface area contributed by atoms with Gasteiger partial charge >= 0.3 is 0 Å². The number of nitrogens with zero attached hydrogens (tertiary/aromatic N) is 1. The SMILES string of the molecule is CCO/N=C/c1c(-c2cccc3cc[nH]c23)cc(C)c2c1[C@H](C)[C@@H](O)C(C)(C)N2. The van der Waals surface area contributed by atoms with Crippen LogP contribution in [-0.2, 0) is 4.84 Å². The van der Waals surface area contributed by atoms with Crippen LogP contribution in [0.2, 0.25) is 0 Å². The molecule has 2 atom stereocenters. The standard InChI is InChI=1S/C24H29N3O2/c1-6-29-26-13-19-18(17-9-7-8-16-10-11-25-22(16)17)12-14(2)21-20(19)15(3)23(28)24(4,5)27-21/h7-13,15,23,25,27-28H,6H2,1-5H3/b26-13+/t15-,23+/m0/s1. The van der Waals surface area contributed by atoms with Crippen LogP contribution in [0.5, 0.6) is 0 Å². The minimum absolute atomic E-state index is 0.0502. The van der Waals surface area contributed by atoms with Crippen LogP contribution in [0.25, 0.3) is 22.0 Å². The second-order valence-corrected chi connectivity index (χ2v) is 8.42. The summed E-state index contributed by atoms with van der Waals surface area (Å²) < 4.78 is 0. The van der Waals surface area contributed by atoms with Crippen LogP contribution < -0.4 is 5.32 Å². The van der Waals surface area contributed by atoms with Crippen LogP contribution in [0.15, 0.2) is 41.7 Å². The molecular weight excluding hydrogens is 362 g/mol. The predicted molar refractivity (Wildman–Crippen MR) is 120 cm³/mol. The number of oxime groups is 1. The fourth-order valence-electron chi connectivity index (χ4n) is 4.51. The Balaban J connectivity index is 2.02. The van der Waals surface area contributed by atoms with Gasteiger partial charge in [0, 0.05) is 28.9 Å². The van der Waals surface area contributed by atoms with E-state index >= 15 is 0 Å². The van der Waals surface area contributed by atoms with E-state index in [1.807, 2.05) is 27.0 Å². The number of hydrogen-bond acceptors (Lipinski definition) is 4. The number of H-pyrrole nitrogens is 1. The van der Waals surface area contributed by atoms with Gasteiger partial charge in [-0.1, -0.05) is 30.3 Å². The molecule has 4 rings (SSSR count). The number of aliphatic hydroxyl groups is 1. The highest BCUT2D eigenvalue weighted by Gasteiger charge is 2.40. The van der Waals surface area contributed by atoms with E-state index in [2.05, 4.69) is 59.6 Å². The molecule has 2 heterocycles. The van der Waals surface area contributed by atoms with Crippen molar-refractivity contribution >= 4 is 22.8 Å². The molecule has 5 nitrogen and oxygen atoms in total. The molecule has 0 spiro atoms. The summed E-state index contributed by atoms with van der Waals surface area (Å²) in [5.74, 6) is -0.0502. The largest absolute Gasteiger partial charge is 0.396 e.